The van der Waals surface area contributed by atoms with Crippen molar-refractivity contribution in [2.45, 2.75) is 18.9 Å². The van der Waals surface area contributed by atoms with Crippen molar-refractivity contribution in [3.05, 3.63) is 10.1 Å². The van der Waals surface area contributed by atoms with Gasteiger partial charge in [0.15, 0.2) is 0 Å². The first-order valence-electron chi connectivity index (χ1n) is 3.14. The highest BCUT2D eigenvalue weighted by Crippen LogP contribution is 1.94. The van der Waals surface area contributed by atoms with Crippen molar-refractivity contribution in [2.24, 2.45) is 5.73 Å². The molecule has 0 aliphatic heterocycles. The van der Waals surface area contributed by atoms with Gasteiger partial charge in [-0.3, -0.25) is 14.9 Å². The summed E-state index contributed by atoms with van der Waals surface area (Å²) in [5.41, 5.74) is 5.08. The second-order valence-corrected chi connectivity index (χ2v) is 2.14. The number of aliphatic carboxylic acids is 1. The van der Waals surface area contributed by atoms with Crippen LogP contribution in [0.3, 0.4) is 0 Å². The van der Waals surface area contributed by atoms with E-state index < -0.39 is 16.9 Å². The number of carbonyl (C=O) groups is 1. The highest BCUT2D eigenvalue weighted by molar-refractivity contribution is 5.72. The summed E-state index contributed by atoms with van der Waals surface area (Å²) >= 11 is 0. The molecule has 64 valence electrons. The summed E-state index contributed by atoms with van der Waals surface area (Å²) in [6.45, 7) is -0.221. The Morgan fingerprint density at radius 3 is 2.64 bits per heavy atom. The van der Waals surface area contributed by atoms with Gasteiger partial charge in [0, 0.05) is 11.3 Å². The molecule has 0 bridgehead atoms. The van der Waals surface area contributed by atoms with Crippen molar-refractivity contribution in [2.75, 3.05) is 6.54 Å². The molecule has 0 spiro atoms. The smallest absolute Gasteiger partial charge is 0.320 e. The SMILES string of the molecule is N[C@@H](CCC[N+](=O)[O-])C(=O)O. The van der Waals surface area contributed by atoms with Gasteiger partial charge in [-0.1, -0.05) is 0 Å². The van der Waals surface area contributed by atoms with E-state index in [9.17, 15) is 14.9 Å². The van der Waals surface area contributed by atoms with Crippen molar-refractivity contribution >= 4 is 5.97 Å². The summed E-state index contributed by atoms with van der Waals surface area (Å²) in [6.07, 6.45) is 0.358. The Hall–Kier alpha value is -1.17. The molecule has 0 saturated heterocycles. The van der Waals surface area contributed by atoms with Crippen LogP contribution in [-0.4, -0.2) is 28.6 Å². The molecule has 0 saturated carbocycles. The number of carboxylic acids is 1. The molecule has 0 aliphatic carbocycles. The summed E-state index contributed by atoms with van der Waals surface area (Å²) in [6, 6.07) is -0.977. The fraction of sp³-hybridized carbons (Fsp3) is 0.800. The first-order chi connectivity index (χ1) is 5.04. The molecule has 0 unspecified atom stereocenters. The summed E-state index contributed by atoms with van der Waals surface area (Å²) in [7, 11) is 0. The Balaban J connectivity index is 3.39. The van der Waals surface area contributed by atoms with Gasteiger partial charge in [-0.2, -0.15) is 0 Å². The fourth-order valence-electron chi connectivity index (χ4n) is 0.564. The third-order valence-electron chi connectivity index (χ3n) is 1.17. The lowest BCUT2D eigenvalue weighted by Crippen LogP contribution is -2.30. The summed E-state index contributed by atoms with van der Waals surface area (Å²) in [4.78, 5) is 19.4. The van der Waals surface area contributed by atoms with Gasteiger partial charge in [0.05, 0.1) is 0 Å². The van der Waals surface area contributed by atoms with E-state index in [0.29, 0.717) is 0 Å². The maximum atomic E-state index is 10.1. The lowest BCUT2D eigenvalue weighted by atomic mass is 10.2. The Morgan fingerprint density at radius 2 is 2.27 bits per heavy atom. The maximum absolute atomic E-state index is 10.1. The molecule has 0 amide bonds. The summed E-state index contributed by atoms with van der Waals surface area (Å²) < 4.78 is 0. The van der Waals surface area contributed by atoms with E-state index >= 15 is 0 Å². The molecule has 6 heteroatoms. The highest BCUT2D eigenvalue weighted by atomic mass is 16.6. The molecule has 0 radical (unpaired) electrons. The molecule has 1 atom stereocenters. The normalized spacial score (nSPS) is 12.5. The van der Waals surface area contributed by atoms with E-state index in [1.54, 1.807) is 0 Å². The minimum absolute atomic E-state index is 0.149. The standard InChI is InChI=1S/C5H10N2O4/c6-4(5(8)9)2-1-3-7(10)11/h4H,1-3,6H2,(H,8,9)/t4-/m0/s1. The molecule has 0 aromatic heterocycles. The van der Waals surface area contributed by atoms with Crippen LogP contribution in [0.4, 0.5) is 0 Å². The lowest BCUT2D eigenvalue weighted by Gasteiger charge is -2.01. The second-order valence-electron chi connectivity index (χ2n) is 2.14. The van der Waals surface area contributed by atoms with Crippen molar-refractivity contribution in [1.82, 2.24) is 0 Å². The number of nitrogens with two attached hydrogens (primary N) is 1. The monoisotopic (exact) mass is 162 g/mol. The van der Waals surface area contributed by atoms with E-state index in [2.05, 4.69) is 0 Å². The van der Waals surface area contributed by atoms with Gasteiger partial charge in [0.1, 0.15) is 6.04 Å². The van der Waals surface area contributed by atoms with Gasteiger partial charge < -0.3 is 10.8 Å². The van der Waals surface area contributed by atoms with Crippen LogP contribution in [0.1, 0.15) is 12.8 Å². The quantitative estimate of drug-likeness (QED) is 0.417. The van der Waals surface area contributed by atoms with Gasteiger partial charge in [-0.15, -0.1) is 0 Å². The first kappa shape index (κ1) is 9.83. The second kappa shape index (κ2) is 4.62. The van der Waals surface area contributed by atoms with Crippen molar-refractivity contribution in [1.29, 1.82) is 0 Å². The lowest BCUT2D eigenvalue weighted by molar-refractivity contribution is -0.480. The zero-order chi connectivity index (χ0) is 8.85. The van der Waals surface area contributed by atoms with Crippen molar-refractivity contribution in [3.8, 4) is 0 Å². The Labute approximate surface area is 63.1 Å². The third-order valence-corrected chi connectivity index (χ3v) is 1.17. The zero-order valence-electron chi connectivity index (χ0n) is 5.90. The van der Waals surface area contributed by atoms with Crippen LogP contribution in [0, 0.1) is 10.1 Å². The number of carboxylic acid groups (broad SMARTS) is 1. The van der Waals surface area contributed by atoms with Crippen LogP contribution in [0.25, 0.3) is 0 Å². The Bertz CT molecular complexity index is 159. The van der Waals surface area contributed by atoms with Crippen LogP contribution < -0.4 is 5.73 Å². The minimum Gasteiger partial charge on any atom is -0.480 e. The van der Waals surface area contributed by atoms with Crippen LogP contribution >= 0.6 is 0 Å². The molecular formula is C5H10N2O4. The number of rotatable bonds is 5. The molecule has 0 aromatic carbocycles. The molecule has 0 aromatic rings. The van der Waals surface area contributed by atoms with Crippen molar-refractivity contribution < 1.29 is 14.8 Å². The van der Waals surface area contributed by atoms with E-state index in [1.165, 1.54) is 0 Å². The first-order valence-corrected chi connectivity index (χ1v) is 3.14. The molecule has 3 N–H and O–H groups in total. The molecule has 0 heterocycles. The van der Waals surface area contributed by atoms with E-state index in [4.69, 9.17) is 10.8 Å². The van der Waals surface area contributed by atoms with Crippen LogP contribution in [0.2, 0.25) is 0 Å². The summed E-state index contributed by atoms with van der Waals surface area (Å²) in [5, 5.41) is 18.0. The number of hydrogen-bond donors (Lipinski definition) is 2. The molecule has 0 aliphatic rings. The van der Waals surface area contributed by atoms with Crippen LogP contribution in [-0.2, 0) is 4.79 Å². The van der Waals surface area contributed by atoms with Crippen molar-refractivity contribution in [3.63, 3.8) is 0 Å². The highest BCUT2D eigenvalue weighted by Gasteiger charge is 2.11. The van der Waals surface area contributed by atoms with E-state index in [1.807, 2.05) is 0 Å². The Kier molecular flexibility index (Phi) is 4.12. The van der Waals surface area contributed by atoms with Crippen LogP contribution in [0.15, 0.2) is 0 Å². The van der Waals surface area contributed by atoms with Gasteiger partial charge in [-0.25, -0.2) is 0 Å². The zero-order valence-corrected chi connectivity index (χ0v) is 5.90. The van der Waals surface area contributed by atoms with Gasteiger partial charge in [0.25, 0.3) is 0 Å². The molecule has 0 fully saturated rings. The van der Waals surface area contributed by atoms with Crippen LogP contribution in [0.5, 0.6) is 0 Å². The average molecular weight is 162 g/mol. The third kappa shape index (κ3) is 5.28. The fourth-order valence-corrected chi connectivity index (χ4v) is 0.564. The number of nitrogens with zero attached hydrogens (tertiary/aromatic N) is 1. The molecule has 6 nitrogen and oxygen atoms in total. The van der Waals surface area contributed by atoms with Gasteiger partial charge in [-0.05, 0) is 6.42 Å². The topological polar surface area (TPSA) is 106 Å². The van der Waals surface area contributed by atoms with Gasteiger partial charge in [0.2, 0.25) is 6.54 Å². The maximum Gasteiger partial charge on any atom is 0.320 e. The van der Waals surface area contributed by atoms with E-state index in [0.717, 1.165) is 0 Å². The van der Waals surface area contributed by atoms with Gasteiger partial charge >= 0.3 is 5.97 Å². The molecule has 11 heavy (non-hydrogen) atoms. The predicted octanol–water partition coefficient (Wildman–Crippen LogP) is -0.545. The largest absolute Gasteiger partial charge is 0.480 e. The minimum atomic E-state index is -1.12. The molecule has 0 rings (SSSR count). The predicted molar refractivity (Wildman–Crippen MR) is 36.7 cm³/mol. The number of hydrogen-bond acceptors (Lipinski definition) is 4. The summed E-state index contributed by atoms with van der Waals surface area (Å²) in [5.74, 6) is -1.12. The Morgan fingerprint density at radius 1 is 1.73 bits per heavy atom. The molecular weight excluding hydrogens is 152 g/mol. The average Bonchev–Trinajstić information content (AvgIpc) is 1.86. The van der Waals surface area contributed by atoms with E-state index in [-0.39, 0.29) is 19.4 Å². The number of nitro groups is 1.